The molecule has 0 bridgehead atoms. The van der Waals surface area contributed by atoms with Gasteiger partial charge in [-0.1, -0.05) is 78.3 Å². The van der Waals surface area contributed by atoms with Crippen molar-refractivity contribution in [2.24, 2.45) is 0 Å². The minimum absolute atomic E-state index is 0.0540. The minimum atomic E-state index is -4.32. The van der Waals surface area contributed by atoms with Crippen LogP contribution < -0.4 is 14.4 Å². The second-order valence-corrected chi connectivity index (χ2v) is 14.0. The van der Waals surface area contributed by atoms with Gasteiger partial charge in [0.15, 0.2) is 0 Å². The molecule has 11 heteroatoms. The first-order valence-electron chi connectivity index (χ1n) is 14.6. The number of rotatable bonds is 12. The zero-order valence-corrected chi connectivity index (χ0v) is 27.7. The Morgan fingerprint density at radius 2 is 1.52 bits per heavy atom. The van der Waals surface area contributed by atoms with Gasteiger partial charge >= 0.3 is 0 Å². The Bertz CT molecular complexity index is 1770. The molecule has 0 radical (unpaired) electrons. The number of hydrogen-bond donors (Lipinski definition) is 1. The Morgan fingerprint density at radius 1 is 0.913 bits per heavy atom. The molecule has 4 aromatic carbocycles. The van der Waals surface area contributed by atoms with E-state index >= 15 is 4.39 Å². The van der Waals surface area contributed by atoms with E-state index in [0.29, 0.717) is 5.75 Å². The van der Waals surface area contributed by atoms with Crippen LogP contribution in [0.5, 0.6) is 5.75 Å². The number of carbonyl (C=O) groups is 2. The van der Waals surface area contributed by atoms with Crippen molar-refractivity contribution in [1.82, 2.24) is 10.2 Å². The van der Waals surface area contributed by atoms with Crippen LogP contribution in [0.1, 0.15) is 31.9 Å². The van der Waals surface area contributed by atoms with E-state index in [9.17, 15) is 18.0 Å². The molecule has 1 atom stereocenters. The molecule has 46 heavy (non-hydrogen) atoms. The SMILES string of the molecule is COc1ccc(N(CC(=O)N(Cc2ccccc2F)[C@H](Cc2ccccc2)C(=O)NC(C)(C)C)S(=O)(=O)c2ccccc2)cc1Cl. The van der Waals surface area contributed by atoms with Crippen molar-refractivity contribution in [2.45, 2.75) is 50.2 Å². The fraction of sp³-hybridized carbons (Fsp3) is 0.257. The summed E-state index contributed by atoms with van der Waals surface area (Å²) in [6, 6.07) is 26.0. The van der Waals surface area contributed by atoms with Gasteiger partial charge in [-0.05, 0) is 62.7 Å². The molecule has 4 aromatic rings. The van der Waals surface area contributed by atoms with E-state index in [1.807, 2.05) is 51.1 Å². The second-order valence-electron chi connectivity index (χ2n) is 11.7. The first-order chi connectivity index (χ1) is 21.8. The Hall–Kier alpha value is -4.41. The summed E-state index contributed by atoms with van der Waals surface area (Å²) in [6.07, 6.45) is 0.0999. The third kappa shape index (κ3) is 8.64. The van der Waals surface area contributed by atoms with Gasteiger partial charge in [-0.25, -0.2) is 12.8 Å². The van der Waals surface area contributed by atoms with Crippen molar-refractivity contribution in [3.63, 3.8) is 0 Å². The molecule has 0 aliphatic heterocycles. The summed E-state index contributed by atoms with van der Waals surface area (Å²) in [5, 5.41) is 3.08. The summed E-state index contributed by atoms with van der Waals surface area (Å²) in [4.78, 5) is 29.6. The first-order valence-corrected chi connectivity index (χ1v) is 16.4. The lowest BCUT2D eigenvalue weighted by Crippen LogP contribution is -2.56. The molecule has 242 valence electrons. The zero-order chi connectivity index (χ0) is 33.5. The monoisotopic (exact) mass is 665 g/mol. The number of ether oxygens (including phenoxy) is 1. The number of hydrogen-bond acceptors (Lipinski definition) is 5. The van der Waals surface area contributed by atoms with E-state index in [4.69, 9.17) is 16.3 Å². The molecule has 8 nitrogen and oxygen atoms in total. The maximum absolute atomic E-state index is 15.1. The minimum Gasteiger partial charge on any atom is -0.495 e. The van der Waals surface area contributed by atoms with Crippen LogP contribution in [-0.4, -0.2) is 50.4 Å². The molecule has 0 unspecified atom stereocenters. The van der Waals surface area contributed by atoms with Crippen LogP contribution in [0.3, 0.4) is 0 Å². The van der Waals surface area contributed by atoms with Gasteiger partial charge in [0, 0.05) is 24.1 Å². The maximum atomic E-state index is 15.1. The summed E-state index contributed by atoms with van der Waals surface area (Å²) in [5.41, 5.74) is 0.384. The molecule has 0 heterocycles. The van der Waals surface area contributed by atoms with Crippen molar-refractivity contribution in [2.75, 3.05) is 18.0 Å². The van der Waals surface area contributed by atoms with E-state index < -0.39 is 45.8 Å². The lowest BCUT2D eigenvalue weighted by atomic mass is 10.0. The van der Waals surface area contributed by atoms with Crippen molar-refractivity contribution < 1.29 is 27.1 Å². The Morgan fingerprint density at radius 3 is 2.11 bits per heavy atom. The van der Waals surface area contributed by atoms with Crippen LogP contribution >= 0.6 is 11.6 Å². The number of nitrogens with one attached hydrogen (secondary N) is 1. The molecule has 2 amide bonds. The van der Waals surface area contributed by atoms with Crippen molar-refractivity contribution in [3.8, 4) is 5.75 Å². The van der Waals surface area contributed by atoms with E-state index in [1.165, 1.54) is 60.5 Å². The number of benzene rings is 4. The highest BCUT2D eigenvalue weighted by molar-refractivity contribution is 7.92. The second kappa shape index (κ2) is 14.8. The molecule has 0 spiro atoms. The molecule has 0 fully saturated rings. The molecule has 0 aliphatic carbocycles. The predicted octanol–water partition coefficient (Wildman–Crippen LogP) is 6.24. The number of halogens is 2. The number of methoxy groups -OCH3 is 1. The fourth-order valence-electron chi connectivity index (χ4n) is 4.88. The summed E-state index contributed by atoms with van der Waals surface area (Å²) < 4.78 is 49.4. The quantitative estimate of drug-likeness (QED) is 0.193. The third-order valence-electron chi connectivity index (χ3n) is 7.10. The summed E-state index contributed by atoms with van der Waals surface area (Å²) in [6.45, 7) is 4.45. The largest absolute Gasteiger partial charge is 0.495 e. The third-order valence-corrected chi connectivity index (χ3v) is 9.18. The number of sulfonamides is 1. The van der Waals surface area contributed by atoms with E-state index in [2.05, 4.69) is 5.32 Å². The molecule has 1 N–H and O–H groups in total. The summed E-state index contributed by atoms with van der Waals surface area (Å²) in [7, 11) is -2.89. The standard InChI is InChI=1S/C35H37ClFN3O5S/c1-35(2,3)38-34(42)31(21-25-13-7-5-8-14-25)39(23-26-15-11-12-18-30(26)37)33(41)24-40(27-19-20-32(45-4)29(36)22-27)46(43,44)28-16-9-6-10-17-28/h5-20,22,31H,21,23-24H2,1-4H3,(H,38,42)/t31-/m1/s1. The van der Waals surface area contributed by atoms with E-state index in [0.717, 1.165) is 9.87 Å². The van der Waals surface area contributed by atoms with Gasteiger partial charge in [0.25, 0.3) is 10.0 Å². The lowest BCUT2D eigenvalue weighted by molar-refractivity contribution is -0.140. The van der Waals surface area contributed by atoms with Gasteiger partial charge in [-0.3, -0.25) is 13.9 Å². The highest BCUT2D eigenvalue weighted by Gasteiger charge is 2.36. The van der Waals surface area contributed by atoms with E-state index in [-0.39, 0.29) is 34.1 Å². The highest BCUT2D eigenvalue weighted by atomic mass is 35.5. The molecule has 0 saturated carbocycles. The van der Waals surface area contributed by atoms with Crippen molar-refractivity contribution in [3.05, 3.63) is 125 Å². The number of anilines is 1. The average molecular weight is 666 g/mol. The van der Waals surface area contributed by atoms with Gasteiger partial charge in [-0.2, -0.15) is 0 Å². The van der Waals surface area contributed by atoms with Crippen LogP contribution in [0, 0.1) is 5.82 Å². The molecule has 0 saturated heterocycles. The molecule has 4 rings (SSSR count). The summed E-state index contributed by atoms with van der Waals surface area (Å²) >= 11 is 6.40. The molecule has 0 aromatic heterocycles. The van der Waals surface area contributed by atoms with Gasteiger partial charge in [0.1, 0.15) is 24.2 Å². The topological polar surface area (TPSA) is 96.0 Å². The van der Waals surface area contributed by atoms with Crippen LogP contribution in [0.25, 0.3) is 0 Å². The Labute approximate surface area is 274 Å². The van der Waals surface area contributed by atoms with Gasteiger partial charge in [-0.15, -0.1) is 0 Å². The van der Waals surface area contributed by atoms with Crippen LogP contribution in [0.2, 0.25) is 5.02 Å². The van der Waals surface area contributed by atoms with Gasteiger partial charge < -0.3 is 15.0 Å². The normalized spacial score (nSPS) is 12.2. The number of carbonyl (C=O) groups excluding carboxylic acids is 2. The molecular weight excluding hydrogens is 629 g/mol. The van der Waals surface area contributed by atoms with Gasteiger partial charge in [0.2, 0.25) is 11.8 Å². The number of amides is 2. The highest BCUT2D eigenvalue weighted by Crippen LogP contribution is 2.32. The van der Waals surface area contributed by atoms with E-state index in [1.54, 1.807) is 24.3 Å². The average Bonchev–Trinajstić information content (AvgIpc) is 3.02. The Kier molecular flexibility index (Phi) is 11.1. The van der Waals surface area contributed by atoms with Gasteiger partial charge in [0.05, 0.1) is 22.7 Å². The smallest absolute Gasteiger partial charge is 0.264 e. The summed E-state index contributed by atoms with van der Waals surface area (Å²) in [5.74, 6) is -1.44. The first kappa shape index (κ1) is 34.5. The molecular formula is C35H37ClFN3O5S. The maximum Gasteiger partial charge on any atom is 0.264 e. The zero-order valence-electron chi connectivity index (χ0n) is 26.1. The fourth-order valence-corrected chi connectivity index (χ4v) is 6.55. The van der Waals surface area contributed by atoms with Crippen LogP contribution in [-0.2, 0) is 32.6 Å². The van der Waals surface area contributed by atoms with Crippen LogP contribution in [0.15, 0.2) is 108 Å². The number of nitrogens with zero attached hydrogens (tertiary/aromatic N) is 2. The predicted molar refractivity (Wildman–Crippen MR) is 178 cm³/mol. The van der Waals surface area contributed by atoms with Crippen LogP contribution in [0.4, 0.5) is 10.1 Å². The molecule has 0 aliphatic rings. The van der Waals surface area contributed by atoms with Crippen molar-refractivity contribution >= 4 is 39.1 Å². The Balaban J connectivity index is 1.84. The van der Waals surface area contributed by atoms with Crippen molar-refractivity contribution in [1.29, 1.82) is 0 Å². The lowest BCUT2D eigenvalue weighted by Gasteiger charge is -2.35.